The van der Waals surface area contributed by atoms with E-state index in [1.165, 1.54) is 0 Å². The molecule has 1 rings (SSSR count). The minimum Gasteiger partial charge on any atom is -0.234 e. The molecule has 41 heavy (non-hydrogen) atoms. The van der Waals surface area contributed by atoms with E-state index in [0.717, 1.165) is 6.92 Å². The molecule has 0 aliphatic carbocycles. The van der Waals surface area contributed by atoms with Crippen molar-refractivity contribution in [1.82, 2.24) is 0 Å². The Kier molecular flexibility index (Phi) is 8.83. The largest absolute Gasteiger partial charge is 0.431 e. The van der Waals surface area contributed by atoms with Crippen LogP contribution in [0.1, 0.15) is 17.5 Å². The van der Waals surface area contributed by atoms with Crippen LogP contribution in [0.5, 0.6) is 0 Å². The number of benzene rings is 1. The first-order chi connectivity index (χ1) is 17.6. The third kappa shape index (κ3) is 5.35. The van der Waals surface area contributed by atoms with Gasteiger partial charge in [0, 0.05) is 5.56 Å². The van der Waals surface area contributed by atoms with Crippen molar-refractivity contribution in [3.63, 3.8) is 0 Å². The predicted molar refractivity (Wildman–Crippen MR) is 90.2 cm³/mol. The number of hydrogen-bond acceptors (Lipinski definition) is 0. The summed E-state index contributed by atoms with van der Waals surface area (Å²) in [7, 11) is 0. The van der Waals surface area contributed by atoms with Crippen molar-refractivity contribution < 1.29 is 96.6 Å². The van der Waals surface area contributed by atoms with E-state index in [1.807, 2.05) is 0 Å². The minimum absolute atomic E-state index is 0.0839. The minimum atomic E-state index is -8.72. The molecule has 0 saturated heterocycles. The van der Waals surface area contributed by atoms with Gasteiger partial charge in [0.15, 0.2) is 0 Å². The van der Waals surface area contributed by atoms with Crippen LogP contribution in [0.3, 0.4) is 0 Å². The Bertz CT molecular complexity index is 1050. The lowest BCUT2D eigenvalue weighted by atomic mass is 9.85. The Hall–Kier alpha value is -2.32. The molecule has 0 aliphatic rings. The van der Waals surface area contributed by atoms with E-state index in [1.54, 1.807) is 0 Å². The molecule has 1 unspecified atom stereocenters. The quantitative estimate of drug-likeness (QED) is 0.220. The van der Waals surface area contributed by atoms with Gasteiger partial charge in [-0.2, -0.15) is 79.0 Å². The molecule has 0 bridgehead atoms. The van der Waals surface area contributed by atoms with Crippen molar-refractivity contribution in [3.05, 3.63) is 35.4 Å². The fraction of sp³-hybridized carbons (Fsp3) is 0.684. The van der Waals surface area contributed by atoms with Crippen molar-refractivity contribution in [1.29, 1.82) is 0 Å². The average molecular weight is 656 g/mol. The highest BCUT2D eigenvalue weighted by Gasteiger charge is 2.92. The Morgan fingerprint density at radius 2 is 0.854 bits per heavy atom. The molecular weight excluding hydrogens is 646 g/mol. The van der Waals surface area contributed by atoms with E-state index >= 15 is 0 Å². The number of rotatable bonds is 10. The van der Waals surface area contributed by atoms with Gasteiger partial charge in [-0.05, 0) is 6.92 Å². The van der Waals surface area contributed by atoms with Gasteiger partial charge in [-0.3, -0.25) is 0 Å². The smallest absolute Gasteiger partial charge is 0.234 e. The van der Waals surface area contributed by atoms with E-state index in [-0.39, 0.29) is 17.7 Å². The molecule has 240 valence electrons. The Labute approximate surface area is 212 Å². The van der Waals surface area contributed by atoms with E-state index < -0.39 is 77.6 Å². The lowest BCUT2D eigenvalue weighted by molar-refractivity contribution is -0.436. The summed E-state index contributed by atoms with van der Waals surface area (Å²) in [6.07, 6.45) is -27.0. The van der Waals surface area contributed by atoms with Crippen molar-refractivity contribution in [3.8, 4) is 0 Å². The van der Waals surface area contributed by atoms with Crippen LogP contribution in [0.25, 0.3) is 0 Å². The van der Waals surface area contributed by atoms with Gasteiger partial charge in [0.25, 0.3) is 5.92 Å². The fourth-order valence-corrected chi connectivity index (χ4v) is 2.94. The molecule has 22 heteroatoms. The summed E-state index contributed by atoms with van der Waals surface area (Å²) in [5.41, 5.74) is -9.85. The second kappa shape index (κ2) is 9.87. The predicted octanol–water partition coefficient (Wildman–Crippen LogP) is 9.46. The second-order valence-corrected chi connectivity index (χ2v) is 8.46. The van der Waals surface area contributed by atoms with Crippen LogP contribution >= 0.6 is 0 Å². The van der Waals surface area contributed by atoms with Crippen molar-refractivity contribution in [2.45, 2.75) is 79.0 Å². The van der Waals surface area contributed by atoms with Gasteiger partial charge in [0.05, 0.1) is 6.42 Å². The lowest BCUT2D eigenvalue weighted by Gasteiger charge is -2.43. The molecule has 0 aliphatic heterocycles. The number of hydrogen-bond donors (Lipinski definition) is 0. The summed E-state index contributed by atoms with van der Waals surface area (Å²) < 4.78 is 296. The van der Waals surface area contributed by atoms with Gasteiger partial charge < -0.3 is 0 Å². The lowest BCUT2D eigenvalue weighted by Crippen LogP contribution is -2.72. The van der Waals surface area contributed by atoms with Gasteiger partial charge in [-0.25, -0.2) is 17.6 Å². The first kappa shape index (κ1) is 36.7. The monoisotopic (exact) mass is 656 g/mol. The molecule has 0 heterocycles. The molecule has 0 radical (unpaired) electrons. The average Bonchev–Trinajstić information content (AvgIpc) is 2.76. The number of aryl methyl sites for hydroxylation is 1. The summed E-state index contributed by atoms with van der Waals surface area (Å²) in [6.45, 7) is 1.06. The number of alkyl halides is 22. The van der Waals surface area contributed by atoms with Crippen LogP contribution in [0.2, 0.25) is 0 Å². The van der Waals surface area contributed by atoms with Crippen LogP contribution in [0.4, 0.5) is 96.6 Å². The van der Waals surface area contributed by atoms with Gasteiger partial charge in [0.2, 0.25) is 6.17 Å². The normalized spacial score (nSPS) is 16.7. The second-order valence-electron chi connectivity index (χ2n) is 8.46. The van der Waals surface area contributed by atoms with Crippen molar-refractivity contribution >= 4 is 0 Å². The van der Waals surface area contributed by atoms with Crippen LogP contribution in [0.15, 0.2) is 24.3 Å². The van der Waals surface area contributed by atoms with E-state index in [4.69, 9.17) is 0 Å². The maximum Gasteiger partial charge on any atom is 0.431 e. The molecule has 1 atom stereocenters. The van der Waals surface area contributed by atoms with Crippen LogP contribution in [-0.4, -0.2) is 59.7 Å². The van der Waals surface area contributed by atoms with Crippen molar-refractivity contribution in [2.24, 2.45) is 0 Å². The molecule has 0 fully saturated rings. The van der Waals surface area contributed by atoms with Gasteiger partial charge in [0.1, 0.15) is 0 Å². The zero-order chi connectivity index (χ0) is 33.3. The van der Waals surface area contributed by atoms with Gasteiger partial charge >= 0.3 is 53.6 Å². The maximum absolute atomic E-state index is 14.1. The highest BCUT2D eigenvalue weighted by Crippen LogP contribution is 2.64. The molecule has 1 aromatic carbocycles. The van der Waals surface area contributed by atoms with Gasteiger partial charge in [-0.15, -0.1) is 0 Å². The summed E-state index contributed by atoms with van der Waals surface area (Å²) in [5, 5.41) is 0. The van der Waals surface area contributed by atoms with Gasteiger partial charge in [-0.1, -0.05) is 29.8 Å². The highest BCUT2D eigenvalue weighted by atomic mass is 19.4. The summed E-state index contributed by atoms with van der Waals surface area (Å²) >= 11 is 0. The Morgan fingerprint density at radius 3 is 1.20 bits per heavy atom. The molecule has 0 aromatic heterocycles. The summed E-state index contributed by atoms with van der Waals surface area (Å²) in [5.74, 6) is -56.3. The third-order valence-electron chi connectivity index (χ3n) is 5.48. The standard InChI is InChI=1S/C19H10F22/c1-7-2-4-8(5-3-7)12(24,25)14(28,29)16(32,33)17(34,35)15(30,31)13(26,27)9(20)10(21,22)6-11(23,18(36,37)38)19(39,40)41/h2-5,9H,6H2,1H3. The first-order valence-corrected chi connectivity index (χ1v) is 9.79. The first-order valence-electron chi connectivity index (χ1n) is 9.79. The maximum atomic E-state index is 14.1. The topological polar surface area (TPSA) is 0 Å². The molecule has 0 N–H and O–H groups in total. The molecule has 0 amide bonds. The van der Waals surface area contributed by atoms with Crippen LogP contribution < -0.4 is 0 Å². The van der Waals surface area contributed by atoms with E-state index in [9.17, 15) is 96.6 Å². The van der Waals surface area contributed by atoms with Crippen LogP contribution in [0, 0.1) is 6.92 Å². The highest BCUT2D eigenvalue weighted by molar-refractivity contribution is 5.29. The van der Waals surface area contributed by atoms with E-state index in [2.05, 4.69) is 0 Å². The molecular formula is C19H10F22. The molecule has 1 aromatic rings. The summed E-state index contributed by atoms with van der Waals surface area (Å²) in [6, 6.07) is 0.571. The zero-order valence-electron chi connectivity index (χ0n) is 18.9. The summed E-state index contributed by atoms with van der Waals surface area (Å²) in [4.78, 5) is 0. The SMILES string of the molecule is Cc1ccc(C(F)(F)C(F)(F)C(F)(F)C(F)(F)C(F)(F)C(F)(F)C(F)C(F)(F)CC(F)(C(F)(F)F)C(F)(F)F)cc1. The zero-order valence-corrected chi connectivity index (χ0v) is 18.9. The molecule has 0 nitrogen and oxygen atoms in total. The third-order valence-corrected chi connectivity index (χ3v) is 5.48. The van der Waals surface area contributed by atoms with E-state index in [0.29, 0.717) is 12.1 Å². The van der Waals surface area contributed by atoms with Crippen LogP contribution in [-0.2, 0) is 5.92 Å². The fourth-order valence-electron chi connectivity index (χ4n) is 2.94. The Morgan fingerprint density at radius 1 is 0.512 bits per heavy atom. The molecule has 0 spiro atoms. The molecule has 0 saturated carbocycles. The number of halogens is 22. The Balaban J connectivity index is 3.69. The van der Waals surface area contributed by atoms with Crippen molar-refractivity contribution in [2.75, 3.05) is 0 Å².